The molecule has 0 spiro atoms. The summed E-state index contributed by atoms with van der Waals surface area (Å²) in [6.45, 7) is 0.0861. The molecule has 1 aliphatic rings. The summed E-state index contributed by atoms with van der Waals surface area (Å²) < 4.78 is 64.3. The van der Waals surface area contributed by atoms with Crippen molar-refractivity contribution in [3.63, 3.8) is 0 Å². The molecule has 1 unspecified atom stereocenters. The van der Waals surface area contributed by atoms with Crippen LogP contribution in [0.3, 0.4) is 0 Å². The third-order valence-electron chi connectivity index (χ3n) is 6.54. The van der Waals surface area contributed by atoms with Gasteiger partial charge >= 0.3 is 12.1 Å². The van der Waals surface area contributed by atoms with Crippen molar-refractivity contribution in [2.24, 2.45) is 5.92 Å². The Morgan fingerprint density at radius 2 is 1.82 bits per heavy atom. The first-order chi connectivity index (χ1) is 21.0. The molecule has 0 bridgehead atoms. The lowest BCUT2D eigenvalue weighted by atomic mass is 9.97. The lowest BCUT2D eigenvalue weighted by Crippen LogP contribution is -2.48. The van der Waals surface area contributed by atoms with E-state index in [9.17, 15) is 22.8 Å². The maximum atomic E-state index is 14.1. The van der Waals surface area contributed by atoms with Gasteiger partial charge in [0.2, 0.25) is 11.8 Å². The minimum absolute atomic E-state index is 0.0402. The number of ether oxygens (including phenoxy) is 4. The zero-order valence-corrected chi connectivity index (χ0v) is 25.5. The van der Waals surface area contributed by atoms with E-state index >= 15 is 0 Å². The Labute approximate surface area is 259 Å². The summed E-state index contributed by atoms with van der Waals surface area (Å²) >= 11 is 3.39. The Balaban J connectivity index is 1.75. The average molecular weight is 680 g/mol. The molecule has 0 radical (unpaired) electrons. The van der Waals surface area contributed by atoms with Gasteiger partial charge in [-0.05, 0) is 36.2 Å². The fourth-order valence-electron chi connectivity index (χ4n) is 4.56. The lowest BCUT2D eigenvalue weighted by Gasteiger charge is -2.34. The van der Waals surface area contributed by atoms with Gasteiger partial charge < -0.3 is 23.8 Å². The average Bonchev–Trinajstić information content (AvgIpc) is 3.51. The molecule has 234 valence electrons. The number of amides is 1. The molecule has 3 aromatic rings. The molecule has 1 atom stereocenters. The second kappa shape index (κ2) is 14.6. The summed E-state index contributed by atoms with van der Waals surface area (Å²) in [6, 6.07) is 4.18. The van der Waals surface area contributed by atoms with E-state index in [4.69, 9.17) is 18.9 Å². The fraction of sp³-hybridized carbons (Fsp3) is 0.345. The standard InChI is InChI=1S/C29H29BrF3N5O6/c1-41-16-21(17-42-2)38(27(39)19-4-6-20(30)7-5-19)25-9-8-22(13-23(25)28(40)43-3)44-26-24(29(31,32)33)12-18(14-34-26)15-37-35-10-11-36-37/h4,6-14,19,21H,5,15-17H2,1-3H3. The van der Waals surface area contributed by atoms with Crippen LogP contribution in [-0.4, -0.2) is 72.4 Å². The SMILES string of the molecule is COCC(COC)N(C(=O)C1C=CC(Br)=CC1)c1ccc(Oc2ncc(Cn3nccn3)cc2C(F)(F)F)cc1C(=O)OC. The van der Waals surface area contributed by atoms with Crippen LogP contribution in [0.5, 0.6) is 11.6 Å². The van der Waals surface area contributed by atoms with Crippen molar-refractivity contribution in [1.29, 1.82) is 0 Å². The van der Waals surface area contributed by atoms with Crippen LogP contribution in [0.2, 0.25) is 0 Å². The van der Waals surface area contributed by atoms with Crippen LogP contribution in [0, 0.1) is 5.92 Å². The predicted octanol–water partition coefficient (Wildman–Crippen LogP) is 5.17. The third-order valence-corrected chi connectivity index (χ3v) is 7.13. The molecule has 11 nitrogen and oxygen atoms in total. The van der Waals surface area contributed by atoms with Crippen molar-refractivity contribution in [3.05, 3.63) is 82.3 Å². The molecule has 1 aromatic carbocycles. The first kappa shape index (κ1) is 32.8. The Hall–Kier alpha value is -4.08. The normalized spacial score (nSPS) is 14.8. The van der Waals surface area contributed by atoms with E-state index < -0.39 is 35.5 Å². The summed E-state index contributed by atoms with van der Waals surface area (Å²) in [5.74, 6) is -2.63. The Kier molecular flexibility index (Phi) is 10.9. The number of hydrogen-bond acceptors (Lipinski definition) is 9. The predicted molar refractivity (Wildman–Crippen MR) is 156 cm³/mol. The molecule has 44 heavy (non-hydrogen) atoms. The van der Waals surface area contributed by atoms with Crippen molar-refractivity contribution in [1.82, 2.24) is 20.0 Å². The van der Waals surface area contributed by atoms with Crippen LogP contribution in [0.1, 0.15) is 27.9 Å². The second-order valence-corrected chi connectivity index (χ2v) is 10.5. The van der Waals surface area contributed by atoms with Crippen LogP contribution in [0.15, 0.2) is 65.6 Å². The minimum atomic E-state index is -4.81. The summed E-state index contributed by atoms with van der Waals surface area (Å²) in [5, 5.41) is 7.80. The number of alkyl halides is 3. The smallest absolute Gasteiger partial charge is 0.421 e. The fourth-order valence-corrected chi connectivity index (χ4v) is 4.90. The first-order valence-electron chi connectivity index (χ1n) is 13.2. The Morgan fingerprint density at radius 1 is 1.11 bits per heavy atom. The van der Waals surface area contributed by atoms with Gasteiger partial charge in [0.1, 0.15) is 11.3 Å². The monoisotopic (exact) mass is 679 g/mol. The molecule has 4 rings (SSSR count). The Morgan fingerprint density at radius 3 is 2.41 bits per heavy atom. The summed E-state index contributed by atoms with van der Waals surface area (Å²) in [5.41, 5.74) is -0.920. The van der Waals surface area contributed by atoms with Crippen LogP contribution >= 0.6 is 15.9 Å². The van der Waals surface area contributed by atoms with E-state index in [1.807, 2.05) is 6.08 Å². The van der Waals surface area contributed by atoms with Crippen molar-refractivity contribution in [3.8, 4) is 11.6 Å². The second-order valence-electron chi connectivity index (χ2n) is 9.59. The maximum Gasteiger partial charge on any atom is 0.421 e. The molecular formula is C29H29BrF3N5O6. The summed E-state index contributed by atoms with van der Waals surface area (Å²) in [6.07, 6.45) is 4.95. The van der Waals surface area contributed by atoms with Crippen molar-refractivity contribution < 1.29 is 41.7 Å². The minimum Gasteiger partial charge on any atom is -0.465 e. The number of esters is 1. The third kappa shape index (κ3) is 7.89. The molecule has 1 aliphatic carbocycles. The lowest BCUT2D eigenvalue weighted by molar-refractivity contribution is -0.139. The number of pyridine rings is 1. The number of nitrogens with zero attached hydrogens (tertiary/aromatic N) is 5. The zero-order valence-electron chi connectivity index (χ0n) is 24.0. The Bertz CT molecular complexity index is 1520. The number of benzene rings is 1. The van der Waals surface area contributed by atoms with Gasteiger partial charge in [-0.1, -0.05) is 34.2 Å². The maximum absolute atomic E-state index is 14.1. The molecule has 2 aromatic heterocycles. The number of rotatable bonds is 12. The molecule has 15 heteroatoms. The van der Waals surface area contributed by atoms with E-state index in [0.29, 0.717) is 6.42 Å². The molecule has 1 amide bonds. The van der Waals surface area contributed by atoms with Crippen LogP contribution in [0.4, 0.5) is 18.9 Å². The van der Waals surface area contributed by atoms with Gasteiger partial charge in [0, 0.05) is 24.9 Å². The molecule has 0 N–H and O–H groups in total. The highest BCUT2D eigenvalue weighted by atomic mass is 79.9. The first-order valence-corrected chi connectivity index (χ1v) is 14.0. The van der Waals surface area contributed by atoms with Gasteiger partial charge in [-0.2, -0.15) is 28.2 Å². The highest BCUT2D eigenvalue weighted by Gasteiger charge is 2.37. The highest BCUT2D eigenvalue weighted by molar-refractivity contribution is 9.11. The zero-order chi connectivity index (χ0) is 31.9. The van der Waals surface area contributed by atoms with E-state index in [1.54, 1.807) is 12.2 Å². The number of aromatic nitrogens is 4. The van der Waals surface area contributed by atoms with Crippen LogP contribution < -0.4 is 9.64 Å². The number of anilines is 1. The van der Waals surface area contributed by atoms with Crippen LogP contribution in [-0.2, 0) is 31.7 Å². The van der Waals surface area contributed by atoms with E-state index in [-0.39, 0.29) is 48.2 Å². The number of allylic oxidation sites excluding steroid dienone is 3. The van der Waals surface area contributed by atoms with Crippen molar-refractivity contribution in [2.45, 2.75) is 25.2 Å². The van der Waals surface area contributed by atoms with Crippen molar-refractivity contribution in [2.75, 3.05) is 39.4 Å². The largest absolute Gasteiger partial charge is 0.465 e. The molecule has 0 saturated carbocycles. The van der Waals surface area contributed by atoms with Gasteiger partial charge in [-0.25, -0.2) is 9.78 Å². The highest BCUT2D eigenvalue weighted by Crippen LogP contribution is 2.39. The van der Waals surface area contributed by atoms with E-state index in [0.717, 1.165) is 17.7 Å². The quantitative estimate of drug-likeness (QED) is 0.239. The van der Waals surface area contributed by atoms with Crippen LogP contribution in [0.25, 0.3) is 0 Å². The number of carbonyl (C=O) groups excluding carboxylic acids is 2. The molecule has 0 fully saturated rings. The molecular weight excluding hydrogens is 651 g/mol. The van der Waals surface area contributed by atoms with E-state index in [1.165, 1.54) is 60.7 Å². The van der Waals surface area contributed by atoms with Gasteiger partial charge in [-0.15, -0.1) is 0 Å². The van der Waals surface area contributed by atoms with Gasteiger partial charge in [0.25, 0.3) is 0 Å². The van der Waals surface area contributed by atoms with Gasteiger partial charge in [-0.3, -0.25) is 4.79 Å². The molecule has 2 heterocycles. The van der Waals surface area contributed by atoms with E-state index in [2.05, 4.69) is 31.1 Å². The van der Waals surface area contributed by atoms with Gasteiger partial charge in [0.05, 0.1) is 62.5 Å². The number of carbonyl (C=O) groups is 2. The topological polar surface area (TPSA) is 118 Å². The molecule has 0 saturated heterocycles. The van der Waals surface area contributed by atoms with Gasteiger partial charge in [0.15, 0.2) is 0 Å². The summed E-state index contributed by atoms with van der Waals surface area (Å²) in [7, 11) is 4.08. The number of methoxy groups -OCH3 is 3. The summed E-state index contributed by atoms with van der Waals surface area (Å²) in [4.78, 5) is 33.5. The van der Waals surface area contributed by atoms with Crippen molar-refractivity contribution >= 4 is 33.5 Å². The number of hydrogen-bond donors (Lipinski definition) is 0. The molecule has 0 aliphatic heterocycles. The number of halogens is 4.